The Morgan fingerprint density at radius 1 is 1.16 bits per heavy atom. The third kappa shape index (κ3) is 3.82. The third-order valence-electron chi connectivity index (χ3n) is 7.87. The number of aromatic nitrogens is 1. The summed E-state index contributed by atoms with van der Waals surface area (Å²) in [4.78, 5) is 32.9. The second-order valence-electron chi connectivity index (χ2n) is 10.5. The summed E-state index contributed by atoms with van der Waals surface area (Å²) < 4.78 is 0. The van der Waals surface area contributed by atoms with Crippen LogP contribution in [0.3, 0.4) is 0 Å². The van der Waals surface area contributed by atoms with Gasteiger partial charge in [0.15, 0.2) is 0 Å². The van der Waals surface area contributed by atoms with Crippen molar-refractivity contribution >= 4 is 11.8 Å². The van der Waals surface area contributed by atoms with Crippen molar-refractivity contribution in [2.45, 2.75) is 58.4 Å². The maximum absolute atomic E-state index is 13.4. The molecule has 168 valence electrons. The largest absolute Gasteiger partial charge is 0.353 e. The summed E-state index contributed by atoms with van der Waals surface area (Å²) >= 11 is 0. The minimum atomic E-state index is -0.574. The molecule has 1 spiro atoms. The maximum atomic E-state index is 13.4. The van der Waals surface area contributed by atoms with Gasteiger partial charge in [-0.05, 0) is 74.1 Å². The molecule has 2 amide bonds. The fourth-order valence-electron chi connectivity index (χ4n) is 5.77. The van der Waals surface area contributed by atoms with Gasteiger partial charge in [0.05, 0.1) is 5.41 Å². The molecule has 32 heavy (non-hydrogen) atoms. The first-order valence-electron chi connectivity index (χ1n) is 12.0. The van der Waals surface area contributed by atoms with Crippen molar-refractivity contribution in [1.82, 2.24) is 15.2 Å². The van der Waals surface area contributed by atoms with Crippen molar-refractivity contribution in [3.63, 3.8) is 0 Å². The molecular formula is C27H33N3O2. The Morgan fingerprint density at radius 2 is 1.97 bits per heavy atom. The lowest BCUT2D eigenvalue weighted by Crippen LogP contribution is -2.47. The van der Waals surface area contributed by atoms with Crippen LogP contribution < -0.4 is 5.32 Å². The highest BCUT2D eigenvalue weighted by Gasteiger charge is 2.62. The van der Waals surface area contributed by atoms with Crippen LogP contribution in [0.5, 0.6) is 0 Å². The number of rotatable bonds is 6. The summed E-state index contributed by atoms with van der Waals surface area (Å²) in [6.07, 6.45) is 9.72. The fourth-order valence-corrected chi connectivity index (χ4v) is 5.77. The molecule has 1 aromatic heterocycles. The maximum Gasteiger partial charge on any atom is 0.228 e. The van der Waals surface area contributed by atoms with Crippen LogP contribution in [0.1, 0.15) is 51.5 Å². The lowest BCUT2D eigenvalue weighted by atomic mass is 9.79. The number of nitrogens with zero attached hydrogens (tertiary/aromatic N) is 2. The van der Waals surface area contributed by atoms with Crippen molar-refractivity contribution in [1.29, 1.82) is 0 Å². The van der Waals surface area contributed by atoms with E-state index in [9.17, 15) is 9.59 Å². The Morgan fingerprint density at radius 3 is 2.62 bits per heavy atom. The average molecular weight is 432 g/mol. The summed E-state index contributed by atoms with van der Waals surface area (Å²) in [5.74, 6) is 0.561. The van der Waals surface area contributed by atoms with Crippen molar-refractivity contribution in [2.75, 3.05) is 13.1 Å². The quantitative estimate of drug-likeness (QED) is 0.745. The molecule has 5 nitrogen and oxygen atoms in total. The number of benzene rings is 1. The molecule has 2 unspecified atom stereocenters. The molecule has 2 saturated carbocycles. The van der Waals surface area contributed by atoms with E-state index in [1.165, 1.54) is 19.3 Å². The van der Waals surface area contributed by atoms with Crippen molar-refractivity contribution in [3.05, 3.63) is 54.4 Å². The van der Waals surface area contributed by atoms with Gasteiger partial charge in [-0.2, -0.15) is 0 Å². The first-order valence-corrected chi connectivity index (χ1v) is 12.0. The van der Waals surface area contributed by atoms with Gasteiger partial charge in [-0.3, -0.25) is 14.6 Å². The highest BCUT2D eigenvalue weighted by Crippen LogP contribution is 2.66. The number of carbonyl (C=O) groups is 2. The predicted molar refractivity (Wildman–Crippen MR) is 125 cm³/mol. The number of amides is 2. The van der Waals surface area contributed by atoms with E-state index in [2.05, 4.69) is 34.6 Å². The van der Waals surface area contributed by atoms with E-state index in [0.717, 1.165) is 23.1 Å². The number of carbonyl (C=O) groups excluding carboxylic acids is 2. The summed E-state index contributed by atoms with van der Waals surface area (Å²) in [5.41, 5.74) is 3.04. The van der Waals surface area contributed by atoms with Crippen molar-refractivity contribution < 1.29 is 9.59 Å². The molecule has 1 aromatic carbocycles. The van der Waals surface area contributed by atoms with Crippen LogP contribution in [0, 0.1) is 16.7 Å². The standard InChI is InChI=1S/C27H33N3O2/c1-19(2)29-25(32)27(11-13-30(18-27)24(31)23-16-26(23)9-5-10-26)15-20-6-3-7-21(14-20)22-8-4-12-28-17-22/h3-4,6-8,12,14,17,19,23H,5,9-11,13,15-16,18H2,1-2H3,(H,29,32). The molecule has 3 fully saturated rings. The highest BCUT2D eigenvalue weighted by atomic mass is 16.2. The van der Waals surface area contributed by atoms with Crippen LogP contribution in [-0.2, 0) is 16.0 Å². The molecule has 2 aliphatic carbocycles. The first-order chi connectivity index (χ1) is 15.4. The molecule has 3 aliphatic rings. The zero-order valence-corrected chi connectivity index (χ0v) is 19.1. The third-order valence-corrected chi connectivity index (χ3v) is 7.87. The monoisotopic (exact) mass is 431 g/mol. The molecule has 2 heterocycles. The Labute approximate surface area is 190 Å². The normalized spacial score (nSPS) is 25.6. The van der Waals surface area contributed by atoms with E-state index in [0.29, 0.717) is 31.3 Å². The lowest BCUT2D eigenvalue weighted by Gasteiger charge is -2.31. The van der Waals surface area contributed by atoms with Gasteiger partial charge in [0.1, 0.15) is 0 Å². The molecular weight excluding hydrogens is 398 g/mol. The molecule has 2 aromatic rings. The van der Waals surface area contributed by atoms with Crippen LogP contribution in [0.2, 0.25) is 0 Å². The zero-order chi connectivity index (χ0) is 22.3. The Balaban J connectivity index is 1.37. The lowest BCUT2D eigenvalue weighted by molar-refractivity contribution is -0.135. The number of pyridine rings is 1. The number of hydrogen-bond acceptors (Lipinski definition) is 3. The average Bonchev–Trinajstić information content (AvgIpc) is 3.40. The van der Waals surface area contributed by atoms with E-state index in [1.54, 1.807) is 6.20 Å². The van der Waals surface area contributed by atoms with Gasteiger partial charge in [-0.1, -0.05) is 36.8 Å². The molecule has 5 rings (SSSR count). The van der Waals surface area contributed by atoms with E-state index >= 15 is 0 Å². The van der Waals surface area contributed by atoms with Crippen molar-refractivity contribution in [3.8, 4) is 11.1 Å². The topological polar surface area (TPSA) is 62.3 Å². The van der Waals surface area contributed by atoms with Crippen LogP contribution in [0.25, 0.3) is 11.1 Å². The minimum absolute atomic E-state index is 0.0729. The fraction of sp³-hybridized carbons (Fsp3) is 0.519. The summed E-state index contributed by atoms with van der Waals surface area (Å²) in [5, 5.41) is 3.15. The number of hydrogen-bond donors (Lipinski definition) is 1. The van der Waals surface area contributed by atoms with Crippen LogP contribution in [0.4, 0.5) is 0 Å². The highest BCUT2D eigenvalue weighted by molar-refractivity contribution is 5.88. The second-order valence-corrected chi connectivity index (χ2v) is 10.5. The van der Waals surface area contributed by atoms with E-state index < -0.39 is 5.41 Å². The van der Waals surface area contributed by atoms with Gasteiger partial charge in [-0.25, -0.2) is 0 Å². The van der Waals surface area contributed by atoms with E-state index in [1.807, 2.05) is 37.1 Å². The Hall–Kier alpha value is -2.69. The molecule has 1 N–H and O–H groups in total. The van der Waals surface area contributed by atoms with Gasteiger partial charge in [0.2, 0.25) is 11.8 Å². The van der Waals surface area contributed by atoms with E-state index in [4.69, 9.17) is 0 Å². The van der Waals surface area contributed by atoms with Crippen LogP contribution in [0.15, 0.2) is 48.8 Å². The Bertz CT molecular complexity index is 1010. The summed E-state index contributed by atoms with van der Waals surface area (Å²) in [7, 11) is 0. The van der Waals surface area contributed by atoms with Gasteiger partial charge in [0, 0.05) is 37.4 Å². The molecule has 1 saturated heterocycles. The van der Waals surface area contributed by atoms with Crippen LogP contribution in [-0.4, -0.2) is 40.8 Å². The van der Waals surface area contributed by atoms with Gasteiger partial charge >= 0.3 is 0 Å². The molecule has 2 atom stereocenters. The Kier molecular flexibility index (Phi) is 5.31. The van der Waals surface area contributed by atoms with Gasteiger partial charge in [0.25, 0.3) is 0 Å². The zero-order valence-electron chi connectivity index (χ0n) is 19.1. The SMILES string of the molecule is CC(C)NC(=O)C1(Cc2cccc(-c3cccnc3)c2)CCN(C(=O)C2CC23CCC3)C1. The summed E-state index contributed by atoms with van der Waals surface area (Å²) in [6, 6.07) is 12.5. The molecule has 0 bridgehead atoms. The molecule has 5 heteroatoms. The van der Waals surface area contributed by atoms with Gasteiger partial charge in [-0.15, -0.1) is 0 Å². The molecule has 0 radical (unpaired) electrons. The van der Waals surface area contributed by atoms with Crippen LogP contribution >= 0.6 is 0 Å². The van der Waals surface area contributed by atoms with Crippen molar-refractivity contribution in [2.24, 2.45) is 16.7 Å². The van der Waals surface area contributed by atoms with Gasteiger partial charge < -0.3 is 10.2 Å². The number of likely N-dealkylation sites (tertiary alicyclic amines) is 1. The van der Waals surface area contributed by atoms with E-state index in [-0.39, 0.29) is 23.8 Å². The first kappa shape index (κ1) is 21.2. The second kappa shape index (κ2) is 8.02. The minimum Gasteiger partial charge on any atom is -0.353 e. The summed E-state index contributed by atoms with van der Waals surface area (Å²) in [6.45, 7) is 5.20. The smallest absolute Gasteiger partial charge is 0.228 e. The molecule has 1 aliphatic heterocycles. The number of nitrogens with one attached hydrogen (secondary N) is 1. The predicted octanol–water partition coefficient (Wildman–Crippen LogP) is 4.22.